The maximum Gasteiger partial charge on any atom is 0.261 e. The van der Waals surface area contributed by atoms with E-state index in [1.165, 1.54) is 12.1 Å². The van der Waals surface area contributed by atoms with Crippen molar-refractivity contribution in [2.75, 3.05) is 29.4 Å². The van der Waals surface area contributed by atoms with Gasteiger partial charge in [0.25, 0.3) is 10.0 Å². The highest BCUT2D eigenvalue weighted by Gasteiger charge is 2.37. The van der Waals surface area contributed by atoms with Crippen molar-refractivity contribution in [3.05, 3.63) is 42.5 Å². The molecule has 0 unspecified atom stereocenters. The Hall–Kier alpha value is -2.74. The average Bonchev–Trinajstić information content (AvgIpc) is 2.80. The van der Waals surface area contributed by atoms with Crippen LogP contribution in [0, 0.1) is 5.41 Å². The summed E-state index contributed by atoms with van der Waals surface area (Å²) in [7, 11) is -3.80. The largest absolute Gasteiger partial charge is 0.494 e. The van der Waals surface area contributed by atoms with E-state index in [0.717, 1.165) is 6.42 Å². The molecule has 30 heavy (non-hydrogen) atoms. The summed E-state index contributed by atoms with van der Waals surface area (Å²) in [6.45, 7) is 8.83. The van der Waals surface area contributed by atoms with Crippen LogP contribution in [-0.4, -0.2) is 34.1 Å². The van der Waals surface area contributed by atoms with Crippen LogP contribution >= 0.6 is 0 Å². The number of amides is 1. The molecule has 2 aromatic rings. The number of nitrogens with one attached hydrogen (secondary N) is 1. The van der Waals surface area contributed by atoms with Gasteiger partial charge in [0.2, 0.25) is 5.91 Å². The molecule has 8 heteroatoms. The van der Waals surface area contributed by atoms with Gasteiger partial charge in [-0.2, -0.15) is 0 Å². The molecule has 0 fully saturated rings. The fourth-order valence-corrected chi connectivity index (χ4v) is 4.22. The summed E-state index contributed by atoms with van der Waals surface area (Å²) in [6.07, 6.45) is 0.873. The lowest BCUT2D eigenvalue weighted by molar-refractivity contribution is -0.127. The van der Waals surface area contributed by atoms with Crippen LogP contribution in [0.2, 0.25) is 0 Å². The second-order valence-corrected chi connectivity index (χ2v) is 9.51. The standard InChI is InChI=1S/C22H28N2O5S/c1-5-13-28-17-8-10-18(11-9-17)30(26,27)23-16-7-12-20-19(14-16)24(6-2)21(25)22(3,4)15-29-20/h7-12,14,23H,5-6,13,15H2,1-4H3. The Morgan fingerprint density at radius 2 is 1.83 bits per heavy atom. The van der Waals surface area contributed by atoms with Crippen molar-refractivity contribution in [2.24, 2.45) is 5.41 Å². The van der Waals surface area contributed by atoms with Crippen molar-refractivity contribution in [1.29, 1.82) is 0 Å². The Kier molecular flexibility index (Phi) is 6.26. The van der Waals surface area contributed by atoms with Crippen molar-refractivity contribution < 1.29 is 22.7 Å². The third kappa shape index (κ3) is 4.53. The van der Waals surface area contributed by atoms with Crippen molar-refractivity contribution in [3.8, 4) is 11.5 Å². The van der Waals surface area contributed by atoms with Crippen LogP contribution in [0.3, 0.4) is 0 Å². The Morgan fingerprint density at radius 1 is 1.13 bits per heavy atom. The molecule has 1 heterocycles. The van der Waals surface area contributed by atoms with Gasteiger partial charge in [-0.15, -0.1) is 0 Å². The number of fused-ring (bicyclic) bond motifs is 1. The number of anilines is 2. The van der Waals surface area contributed by atoms with E-state index in [0.29, 0.717) is 36.0 Å². The van der Waals surface area contributed by atoms with Gasteiger partial charge in [-0.05, 0) is 69.7 Å². The van der Waals surface area contributed by atoms with Gasteiger partial charge in [-0.25, -0.2) is 8.42 Å². The summed E-state index contributed by atoms with van der Waals surface area (Å²) in [5.41, 5.74) is 0.238. The summed E-state index contributed by atoms with van der Waals surface area (Å²) in [5, 5.41) is 0. The number of nitrogens with zero attached hydrogens (tertiary/aromatic N) is 1. The summed E-state index contributed by atoms with van der Waals surface area (Å²) >= 11 is 0. The second-order valence-electron chi connectivity index (χ2n) is 7.83. The number of benzene rings is 2. The molecule has 7 nitrogen and oxygen atoms in total. The zero-order chi connectivity index (χ0) is 21.9. The van der Waals surface area contributed by atoms with Crippen molar-refractivity contribution in [2.45, 2.75) is 39.0 Å². The third-order valence-corrected chi connectivity index (χ3v) is 6.23. The molecule has 2 aromatic carbocycles. The molecule has 1 N–H and O–H groups in total. The lowest BCUT2D eigenvalue weighted by Crippen LogP contribution is -2.42. The van der Waals surface area contributed by atoms with E-state index in [-0.39, 0.29) is 17.4 Å². The Morgan fingerprint density at radius 3 is 2.47 bits per heavy atom. The quantitative estimate of drug-likeness (QED) is 0.714. The lowest BCUT2D eigenvalue weighted by atomic mass is 9.93. The van der Waals surface area contributed by atoms with Crippen LogP contribution in [0.25, 0.3) is 0 Å². The molecule has 0 bridgehead atoms. The predicted molar refractivity (Wildman–Crippen MR) is 117 cm³/mol. The highest BCUT2D eigenvalue weighted by Crippen LogP contribution is 2.38. The van der Waals surface area contributed by atoms with Crippen molar-refractivity contribution in [3.63, 3.8) is 0 Å². The first-order chi connectivity index (χ1) is 14.2. The van der Waals surface area contributed by atoms with Gasteiger partial charge in [0, 0.05) is 6.54 Å². The third-order valence-electron chi connectivity index (χ3n) is 4.84. The zero-order valence-electron chi connectivity index (χ0n) is 17.8. The number of hydrogen-bond acceptors (Lipinski definition) is 5. The van der Waals surface area contributed by atoms with E-state index in [1.807, 2.05) is 27.7 Å². The highest BCUT2D eigenvalue weighted by atomic mass is 32.2. The number of ether oxygens (including phenoxy) is 2. The van der Waals surface area contributed by atoms with Crippen LogP contribution in [0.5, 0.6) is 11.5 Å². The SMILES string of the molecule is CCCOc1ccc(S(=O)(=O)Nc2ccc3c(c2)N(CC)C(=O)C(C)(C)CO3)cc1. The maximum absolute atomic E-state index is 12.9. The van der Waals surface area contributed by atoms with E-state index in [1.54, 1.807) is 35.2 Å². The summed E-state index contributed by atoms with van der Waals surface area (Å²) in [5.74, 6) is 1.11. The number of hydrogen-bond donors (Lipinski definition) is 1. The average molecular weight is 433 g/mol. The molecule has 162 valence electrons. The lowest BCUT2D eigenvalue weighted by Gasteiger charge is -2.27. The van der Waals surface area contributed by atoms with Gasteiger partial charge >= 0.3 is 0 Å². The fourth-order valence-electron chi connectivity index (χ4n) is 3.17. The van der Waals surface area contributed by atoms with Crippen LogP contribution < -0.4 is 19.1 Å². The minimum absolute atomic E-state index is 0.0635. The predicted octanol–water partition coefficient (Wildman–Crippen LogP) is 4.05. The van der Waals surface area contributed by atoms with E-state index in [2.05, 4.69) is 4.72 Å². The first-order valence-electron chi connectivity index (χ1n) is 10.0. The van der Waals surface area contributed by atoms with Crippen LogP contribution in [0.4, 0.5) is 11.4 Å². The van der Waals surface area contributed by atoms with Crippen LogP contribution in [0.1, 0.15) is 34.1 Å². The molecule has 0 spiro atoms. The first-order valence-corrected chi connectivity index (χ1v) is 11.5. The molecule has 0 radical (unpaired) electrons. The topological polar surface area (TPSA) is 84.9 Å². The molecule has 0 aromatic heterocycles. The minimum Gasteiger partial charge on any atom is -0.494 e. The molecular weight excluding hydrogens is 404 g/mol. The minimum atomic E-state index is -3.80. The van der Waals surface area contributed by atoms with Crippen molar-refractivity contribution >= 4 is 27.3 Å². The van der Waals surface area contributed by atoms with Gasteiger partial charge in [0.1, 0.15) is 18.1 Å². The number of carbonyl (C=O) groups is 1. The smallest absolute Gasteiger partial charge is 0.261 e. The molecule has 0 saturated carbocycles. The van der Waals surface area contributed by atoms with E-state index in [4.69, 9.17) is 9.47 Å². The summed E-state index contributed by atoms with van der Waals surface area (Å²) in [4.78, 5) is 14.6. The zero-order valence-corrected chi connectivity index (χ0v) is 18.6. The number of sulfonamides is 1. The summed E-state index contributed by atoms with van der Waals surface area (Å²) in [6, 6.07) is 11.2. The molecule has 1 amide bonds. The van der Waals surface area contributed by atoms with E-state index < -0.39 is 15.4 Å². The van der Waals surface area contributed by atoms with Crippen molar-refractivity contribution in [1.82, 2.24) is 0 Å². The highest BCUT2D eigenvalue weighted by molar-refractivity contribution is 7.92. The molecule has 0 atom stereocenters. The van der Waals surface area contributed by atoms with Gasteiger partial charge in [-0.1, -0.05) is 6.92 Å². The Labute approximate surface area is 178 Å². The van der Waals surface area contributed by atoms with Gasteiger partial charge in [0.05, 0.1) is 28.3 Å². The number of rotatable bonds is 7. The normalized spacial score (nSPS) is 15.7. The summed E-state index contributed by atoms with van der Waals surface area (Å²) < 4.78 is 39.5. The Bertz CT molecular complexity index is 1020. The molecular formula is C22H28N2O5S. The molecule has 0 aliphatic carbocycles. The molecule has 1 aliphatic heterocycles. The van der Waals surface area contributed by atoms with E-state index in [9.17, 15) is 13.2 Å². The second kappa shape index (κ2) is 8.55. The number of carbonyl (C=O) groups excluding carboxylic acids is 1. The van der Waals surface area contributed by atoms with Gasteiger partial charge in [0.15, 0.2) is 0 Å². The van der Waals surface area contributed by atoms with Crippen LogP contribution in [0.15, 0.2) is 47.4 Å². The van der Waals surface area contributed by atoms with Gasteiger partial charge < -0.3 is 14.4 Å². The Balaban J connectivity index is 1.87. The fraction of sp³-hybridized carbons (Fsp3) is 0.409. The monoisotopic (exact) mass is 432 g/mol. The van der Waals surface area contributed by atoms with E-state index >= 15 is 0 Å². The molecule has 3 rings (SSSR count). The van der Waals surface area contributed by atoms with Crippen LogP contribution in [-0.2, 0) is 14.8 Å². The molecule has 1 aliphatic rings. The first kappa shape index (κ1) is 22.0. The maximum atomic E-state index is 12.9. The van der Waals surface area contributed by atoms with Gasteiger partial charge in [-0.3, -0.25) is 9.52 Å². The molecule has 0 saturated heterocycles.